The summed E-state index contributed by atoms with van der Waals surface area (Å²) in [5, 5.41) is 28.7. The van der Waals surface area contributed by atoms with Gasteiger partial charge in [0.05, 0.1) is 37.3 Å². The summed E-state index contributed by atoms with van der Waals surface area (Å²) in [6.45, 7) is 0. The molecule has 0 atom stereocenters. The number of H-pyrrole nitrogens is 1. The van der Waals surface area contributed by atoms with Gasteiger partial charge in [-0.1, -0.05) is 0 Å². The maximum atomic E-state index is 12.6. The van der Waals surface area contributed by atoms with Crippen molar-refractivity contribution >= 4 is 28.2 Å². The number of hydrogen-bond acceptors (Lipinski definition) is 8. The van der Waals surface area contributed by atoms with Gasteiger partial charge in [-0.25, -0.2) is 0 Å². The van der Waals surface area contributed by atoms with E-state index in [1.165, 1.54) is 51.7 Å². The molecular formula is C18H16N4O7. The van der Waals surface area contributed by atoms with E-state index >= 15 is 0 Å². The van der Waals surface area contributed by atoms with E-state index in [4.69, 9.17) is 14.2 Å². The van der Waals surface area contributed by atoms with Crippen molar-refractivity contribution in [3.63, 3.8) is 0 Å². The lowest BCUT2D eigenvalue weighted by atomic mass is 10.1. The minimum atomic E-state index is -0.776. The van der Waals surface area contributed by atoms with Crippen molar-refractivity contribution in [3.8, 4) is 23.1 Å². The minimum absolute atomic E-state index is 0.0548. The van der Waals surface area contributed by atoms with Crippen LogP contribution in [0.15, 0.2) is 40.6 Å². The fraction of sp³-hybridized carbons (Fsp3) is 0.167. The quantitative estimate of drug-likeness (QED) is 0.364. The number of nitro benzene ring substituents is 1. The number of nitro groups is 1. The van der Waals surface area contributed by atoms with Crippen LogP contribution in [-0.4, -0.2) is 42.3 Å². The lowest BCUT2D eigenvalue weighted by Crippen LogP contribution is -2.02. The molecule has 3 rings (SSSR count). The second-order valence-electron chi connectivity index (χ2n) is 5.70. The molecule has 11 heteroatoms. The number of carbonyl (C=O) groups is 1. The van der Waals surface area contributed by atoms with Crippen LogP contribution >= 0.6 is 0 Å². The first-order valence-electron chi connectivity index (χ1n) is 8.15. The summed E-state index contributed by atoms with van der Waals surface area (Å²) in [5.74, 6) is -0.478. The second-order valence-corrected chi connectivity index (χ2v) is 5.70. The highest BCUT2D eigenvalue weighted by atomic mass is 16.6. The molecule has 11 nitrogen and oxygen atoms in total. The zero-order valence-electron chi connectivity index (χ0n) is 15.6. The Labute approximate surface area is 163 Å². The zero-order chi connectivity index (χ0) is 21.1. The number of aromatic amines is 1. The van der Waals surface area contributed by atoms with Gasteiger partial charge >= 0.3 is 0 Å². The molecule has 3 aromatic rings. The van der Waals surface area contributed by atoms with Crippen molar-refractivity contribution in [1.82, 2.24) is 4.98 Å². The Morgan fingerprint density at radius 3 is 2.45 bits per heavy atom. The lowest BCUT2D eigenvalue weighted by molar-refractivity contribution is -0.384. The van der Waals surface area contributed by atoms with Crippen molar-refractivity contribution < 1.29 is 29.0 Å². The van der Waals surface area contributed by atoms with Crippen molar-refractivity contribution in [2.45, 2.75) is 0 Å². The number of carbonyl (C=O) groups excluding carboxylic acids is 1. The summed E-state index contributed by atoms with van der Waals surface area (Å²) >= 11 is 0. The average Bonchev–Trinajstić information content (AvgIpc) is 3.04. The summed E-state index contributed by atoms with van der Waals surface area (Å²) in [6, 6.07) is 6.86. The van der Waals surface area contributed by atoms with Crippen molar-refractivity contribution in [1.29, 1.82) is 0 Å². The molecule has 2 N–H and O–H groups in total. The molecule has 2 aromatic carbocycles. The number of amides is 1. The zero-order valence-corrected chi connectivity index (χ0v) is 15.6. The van der Waals surface area contributed by atoms with Crippen molar-refractivity contribution in [2.75, 3.05) is 21.3 Å². The summed E-state index contributed by atoms with van der Waals surface area (Å²) in [7, 11) is 4.19. The summed E-state index contributed by atoms with van der Waals surface area (Å²) in [5.41, 5.74) is 0.162. The highest BCUT2D eigenvalue weighted by Crippen LogP contribution is 2.41. The van der Waals surface area contributed by atoms with E-state index in [-0.39, 0.29) is 39.7 Å². The molecule has 29 heavy (non-hydrogen) atoms. The van der Waals surface area contributed by atoms with Gasteiger partial charge in [0.25, 0.3) is 11.6 Å². The molecule has 0 bridgehead atoms. The van der Waals surface area contributed by atoms with E-state index in [1.807, 2.05) is 0 Å². The van der Waals surface area contributed by atoms with Crippen LogP contribution < -0.4 is 14.2 Å². The number of aromatic hydroxyl groups is 1. The van der Waals surface area contributed by atoms with Crippen LogP contribution in [-0.2, 0) is 0 Å². The second kappa shape index (κ2) is 7.84. The van der Waals surface area contributed by atoms with Crippen LogP contribution in [0.4, 0.5) is 11.4 Å². The fourth-order valence-corrected chi connectivity index (χ4v) is 2.79. The maximum absolute atomic E-state index is 12.6. The number of rotatable bonds is 6. The molecule has 0 saturated heterocycles. The van der Waals surface area contributed by atoms with Crippen LogP contribution in [0.5, 0.6) is 23.1 Å². The van der Waals surface area contributed by atoms with Gasteiger partial charge in [-0.05, 0) is 18.2 Å². The SMILES string of the molecule is COc1ccc(C(=O)N=Nc2c(O)[nH]c3ccc([N+](=O)[O-])cc23)c(OC)c1OC. The van der Waals surface area contributed by atoms with E-state index in [0.29, 0.717) is 11.3 Å². The first kappa shape index (κ1) is 19.6. The largest absolute Gasteiger partial charge is 0.493 e. The van der Waals surface area contributed by atoms with E-state index in [1.54, 1.807) is 0 Å². The normalized spacial score (nSPS) is 11.0. The first-order valence-corrected chi connectivity index (χ1v) is 8.15. The Bertz CT molecular complexity index is 1140. The molecule has 150 valence electrons. The maximum Gasteiger partial charge on any atom is 0.299 e. The standard InChI is InChI=1S/C18H16N4O7/c1-27-13-7-5-10(15(28-2)16(13)29-3)17(23)21-20-14-11-8-9(22(25)26)4-6-12(11)19-18(14)24/h4-8,19,24H,1-3H3. The monoisotopic (exact) mass is 400 g/mol. The third-order valence-corrected chi connectivity index (χ3v) is 4.12. The number of methoxy groups -OCH3 is 3. The fourth-order valence-electron chi connectivity index (χ4n) is 2.79. The third-order valence-electron chi connectivity index (χ3n) is 4.12. The number of nitrogens with one attached hydrogen (secondary N) is 1. The lowest BCUT2D eigenvalue weighted by Gasteiger charge is -2.13. The van der Waals surface area contributed by atoms with Crippen LogP contribution in [0.3, 0.4) is 0 Å². The van der Waals surface area contributed by atoms with Crippen LogP contribution in [0, 0.1) is 10.1 Å². The van der Waals surface area contributed by atoms with Gasteiger partial charge in [-0.15, -0.1) is 10.2 Å². The molecule has 0 unspecified atom stereocenters. The predicted octanol–water partition coefficient (Wildman–Crippen LogP) is 3.73. The van der Waals surface area contributed by atoms with Gasteiger partial charge in [-0.2, -0.15) is 0 Å². The van der Waals surface area contributed by atoms with Gasteiger partial charge in [0.1, 0.15) is 0 Å². The minimum Gasteiger partial charge on any atom is -0.493 e. The number of benzene rings is 2. The number of fused-ring (bicyclic) bond motifs is 1. The third kappa shape index (κ3) is 3.52. The van der Waals surface area contributed by atoms with Gasteiger partial charge in [0.2, 0.25) is 11.6 Å². The first-order chi connectivity index (χ1) is 13.9. The number of ether oxygens (including phenoxy) is 3. The van der Waals surface area contributed by atoms with Crippen LogP contribution in [0.1, 0.15) is 10.4 Å². The van der Waals surface area contributed by atoms with Gasteiger partial charge < -0.3 is 24.3 Å². The van der Waals surface area contributed by atoms with E-state index < -0.39 is 10.8 Å². The van der Waals surface area contributed by atoms with Crippen LogP contribution in [0.2, 0.25) is 0 Å². The van der Waals surface area contributed by atoms with E-state index in [0.717, 1.165) is 0 Å². The Morgan fingerprint density at radius 1 is 1.10 bits per heavy atom. The molecule has 1 amide bonds. The average molecular weight is 400 g/mol. The highest BCUT2D eigenvalue weighted by Gasteiger charge is 2.21. The number of azo groups is 1. The smallest absolute Gasteiger partial charge is 0.299 e. The molecule has 0 radical (unpaired) electrons. The summed E-state index contributed by atoms with van der Waals surface area (Å²) < 4.78 is 15.6. The Morgan fingerprint density at radius 2 is 1.83 bits per heavy atom. The molecular weight excluding hydrogens is 384 g/mol. The molecule has 0 aliphatic heterocycles. The number of hydrogen-bond donors (Lipinski definition) is 2. The molecule has 0 spiro atoms. The molecule has 0 saturated carbocycles. The molecule has 1 heterocycles. The van der Waals surface area contributed by atoms with Gasteiger partial charge in [-0.3, -0.25) is 14.9 Å². The van der Waals surface area contributed by atoms with E-state index in [2.05, 4.69) is 15.2 Å². The molecule has 1 aromatic heterocycles. The summed E-state index contributed by atoms with van der Waals surface area (Å²) in [6.07, 6.45) is 0. The van der Waals surface area contributed by atoms with Crippen molar-refractivity contribution in [3.05, 3.63) is 46.0 Å². The highest BCUT2D eigenvalue weighted by molar-refractivity contribution is 6.00. The van der Waals surface area contributed by atoms with Crippen molar-refractivity contribution in [2.24, 2.45) is 10.2 Å². The van der Waals surface area contributed by atoms with Gasteiger partial charge in [0, 0.05) is 17.5 Å². The predicted molar refractivity (Wildman–Crippen MR) is 102 cm³/mol. The number of aromatic nitrogens is 1. The Balaban J connectivity index is 2.03. The summed E-state index contributed by atoms with van der Waals surface area (Å²) in [4.78, 5) is 25.6. The van der Waals surface area contributed by atoms with Gasteiger partial charge in [0.15, 0.2) is 17.2 Å². The topological polar surface area (TPSA) is 149 Å². The number of non-ortho nitro benzene ring substituents is 1. The Hall–Kier alpha value is -4.15. The number of nitrogens with zero attached hydrogens (tertiary/aromatic N) is 3. The molecule has 0 aliphatic rings. The van der Waals surface area contributed by atoms with E-state index in [9.17, 15) is 20.0 Å². The van der Waals surface area contributed by atoms with Crippen LogP contribution in [0.25, 0.3) is 10.9 Å². The molecule has 0 fully saturated rings. The Kier molecular flexibility index (Phi) is 5.30. The molecule has 0 aliphatic carbocycles.